The predicted octanol–water partition coefficient (Wildman–Crippen LogP) is 4.29. The average Bonchev–Trinajstić information content (AvgIpc) is 3.14. The molecule has 0 spiro atoms. The molecule has 0 bridgehead atoms. The third-order valence-corrected chi connectivity index (χ3v) is 3.53. The summed E-state index contributed by atoms with van der Waals surface area (Å²) in [6, 6.07) is 11.2. The number of aromatic nitrogens is 1. The number of hydrogen-bond acceptors (Lipinski definition) is 3. The van der Waals surface area contributed by atoms with Gasteiger partial charge in [-0.1, -0.05) is 6.07 Å². The van der Waals surface area contributed by atoms with E-state index in [1.54, 1.807) is 36.7 Å². The number of carbonyl (C=O) groups excluding carboxylic acids is 1. The highest BCUT2D eigenvalue weighted by molar-refractivity contribution is 5.94. The molecular weight excluding hydrogens is 333 g/mol. The van der Waals surface area contributed by atoms with Gasteiger partial charge in [-0.3, -0.25) is 9.78 Å². The first kappa shape index (κ1) is 16.8. The van der Waals surface area contributed by atoms with Crippen LogP contribution in [-0.2, 0) is 12.7 Å². The molecule has 2 heterocycles. The Morgan fingerprint density at radius 1 is 1.08 bits per heavy atom. The number of nitrogens with zero attached hydrogens (tertiary/aromatic N) is 1. The Balaban J connectivity index is 1.60. The van der Waals surface area contributed by atoms with Gasteiger partial charge in [-0.2, -0.15) is 13.2 Å². The Labute approximate surface area is 141 Å². The van der Waals surface area contributed by atoms with Crippen molar-refractivity contribution in [1.29, 1.82) is 0 Å². The Morgan fingerprint density at radius 3 is 2.40 bits per heavy atom. The minimum absolute atomic E-state index is 0.160. The second kappa shape index (κ2) is 6.80. The number of hydrogen-bond donors (Lipinski definition) is 1. The van der Waals surface area contributed by atoms with E-state index in [0.29, 0.717) is 11.5 Å². The van der Waals surface area contributed by atoms with Crippen molar-refractivity contribution in [3.05, 3.63) is 77.7 Å². The number of benzene rings is 1. The number of pyridine rings is 1. The maximum Gasteiger partial charge on any atom is 0.416 e. The Kier molecular flexibility index (Phi) is 4.56. The quantitative estimate of drug-likeness (QED) is 0.767. The summed E-state index contributed by atoms with van der Waals surface area (Å²) in [4.78, 5) is 16.2. The van der Waals surface area contributed by atoms with Crippen LogP contribution < -0.4 is 5.32 Å². The molecule has 0 aliphatic carbocycles. The lowest BCUT2D eigenvalue weighted by molar-refractivity contribution is -0.137. The fraction of sp³-hybridized carbons (Fsp3) is 0.111. The summed E-state index contributed by atoms with van der Waals surface area (Å²) in [7, 11) is 0. The number of carbonyl (C=O) groups is 1. The summed E-state index contributed by atoms with van der Waals surface area (Å²) in [5.74, 6) is 0.184. The second-order valence-corrected chi connectivity index (χ2v) is 5.29. The van der Waals surface area contributed by atoms with Crippen LogP contribution in [0.1, 0.15) is 21.5 Å². The van der Waals surface area contributed by atoms with E-state index in [4.69, 9.17) is 4.42 Å². The molecule has 0 aliphatic heterocycles. The fourth-order valence-corrected chi connectivity index (χ4v) is 2.19. The van der Waals surface area contributed by atoms with Crippen molar-refractivity contribution in [1.82, 2.24) is 10.3 Å². The Bertz CT molecular complexity index is 840. The SMILES string of the molecule is O=C(NCc1ccc(-c2ccco2)nc1)c1ccc(C(F)(F)F)cc1. The van der Waals surface area contributed by atoms with Gasteiger partial charge in [0.2, 0.25) is 0 Å². The minimum atomic E-state index is -4.42. The zero-order valence-electron chi connectivity index (χ0n) is 12.9. The van der Waals surface area contributed by atoms with Gasteiger partial charge in [-0.15, -0.1) is 0 Å². The van der Waals surface area contributed by atoms with Gasteiger partial charge >= 0.3 is 6.18 Å². The number of rotatable bonds is 4. The average molecular weight is 346 g/mol. The van der Waals surface area contributed by atoms with E-state index in [9.17, 15) is 18.0 Å². The summed E-state index contributed by atoms with van der Waals surface area (Å²) in [6.07, 6.45) is -1.27. The zero-order chi connectivity index (χ0) is 17.9. The standard InChI is InChI=1S/C18H13F3N2O2/c19-18(20,21)14-6-4-13(5-7-14)17(24)23-11-12-3-8-15(22-10-12)16-2-1-9-25-16/h1-10H,11H2,(H,23,24). The molecule has 1 amide bonds. The van der Waals surface area contributed by atoms with Crippen LogP contribution in [-0.4, -0.2) is 10.9 Å². The van der Waals surface area contributed by atoms with Crippen LogP contribution >= 0.6 is 0 Å². The lowest BCUT2D eigenvalue weighted by Gasteiger charge is -2.08. The number of furan rings is 1. The first-order chi connectivity index (χ1) is 11.9. The molecule has 0 radical (unpaired) electrons. The molecule has 4 nitrogen and oxygen atoms in total. The van der Waals surface area contributed by atoms with Gasteiger partial charge in [0.15, 0.2) is 5.76 Å². The molecular formula is C18H13F3N2O2. The molecule has 0 aliphatic rings. The number of halogens is 3. The maximum absolute atomic E-state index is 12.5. The predicted molar refractivity (Wildman–Crippen MR) is 84.6 cm³/mol. The molecule has 3 aromatic rings. The first-order valence-electron chi connectivity index (χ1n) is 7.38. The summed E-state index contributed by atoms with van der Waals surface area (Å²) in [5.41, 5.74) is 0.799. The van der Waals surface area contributed by atoms with Crippen molar-refractivity contribution < 1.29 is 22.4 Å². The highest BCUT2D eigenvalue weighted by atomic mass is 19.4. The molecule has 0 saturated heterocycles. The van der Waals surface area contributed by atoms with Gasteiger partial charge in [-0.25, -0.2) is 0 Å². The molecule has 2 aromatic heterocycles. The first-order valence-corrected chi connectivity index (χ1v) is 7.38. The van der Waals surface area contributed by atoms with Gasteiger partial charge in [0, 0.05) is 18.3 Å². The van der Waals surface area contributed by atoms with Crippen molar-refractivity contribution >= 4 is 5.91 Å². The van der Waals surface area contributed by atoms with Crippen LogP contribution in [0.25, 0.3) is 11.5 Å². The third-order valence-electron chi connectivity index (χ3n) is 3.53. The van der Waals surface area contributed by atoms with Crippen molar-refractivity contribution in [2.24, 2.45) is 0 Å². The van der Waals surface area contributed by atoms with Crippen LogP contribution in [0.2, 0.25) is 0 Å². The van der Waals surface area contributed by atoms with Gasteiger partial charge in [0.1, 0.15) is 5.69 Å². The van der Waals surface area contributed by atoms with Crippen molar-refractivity contribution in [2.75, 3.05) is 0 Å². The highest BCUT2D eigenvalue weighted by Gasteiger charge is 2.30. The van der Waals surface area contributed by atoms with E-state index in [1.807, 2.05) is 0 Å². The molecule has 0 fully saturated rings. The Morgan fingerprint density at radius 2 is 1.84 bits per heavy atom. The number of alkyl halides is 3. The van der Waals surface area contributed by atoms with Gasteiger partial charge < -0.3 is 9.73 Å². The van der Waals surface area contributed by atoms with Gasteiger partial charge in [-0.05, 0) is 48.0 Å². The van der Waals surface area contributed by atoms with Crippen molar-refractivity contribution in [3.63, 3.8) is 0 Å². The van der Waals surface area contributed by atoms with E-state index in [-0.39, 0.29) is 12.1 Å². The number of amides is 1. The van der Waals surface area contributed by atoms with Crippen molar-refractivity contribution in [3.8, 4) is 11.5 Å². The molecule has 7 heteroatoms. The van der Waals surface area contributed by atoms with E-state index in [1.165, 1.54) is 0 Å². The van der Waals surface area contributed by atoms with E-state index >= 15 is 0 Å². The molecule has 0 unspecified atom stereocenters. The summed E-state index contributed by atoms with van der Waals surface area (Å²) < 4.78 is 42.8. The van der Waals surface area contributed by atoms with E-state index in [2.05, 4.69) is 10.3 Å². The highest BCUT2D eigenvalue weighted by Crippen LogP contribution is 2.29. The van der Waals surface area contributed by atoms with Crippen LogP contribution in [0.3, 0.4) is 0 Å². The van der Waals surface area contributed by atoms with E-state index in [0.717, 1.165) is 29.8 Å². The van der Waals surface area contributed by atoms with Crippen LogP contribution in [0, 0.1) is 0 Å². The van der Waals surface area contributed by atoms with Crippen LogP contribution in [0.5, 0.6) is 0 Å². The van der Waals surface area contributed by atoms with Crippen LogP contribution in [0.4, 0.5) is 13.2 Å². The lowest BCUT2D eigenvalue weighted by Crippen LogP contribution is -2.23. The summed E-state index contributed by atoms with van der Waals surface area (Å²) in [6.45, 7) is 0.214. The van der Waals surface area contributed by atoms with E-state index < -0.39 is 17.6 Å². The van der Waals surface area contributed by atoms with Gasteiger partial charge in [0.05, 0.1) is 11.8 Å². The molecule has 3 rings (SSSR count). The third kappa shape index (κ3) is 4.06. The molecule has 128 valence electrons. The topological polar surface area (TPSA) is 55.1 Å². The smallest absolute Gasteiger partial charge is 0.416 e. The largest absolute Gasteiger partial charge is 0.463 e. The molecule has 25 heavy (non-hydrogen) atoms. The minimum Gasteiger partial charge on any atom is -0.463 e. The monoisotopic (exact) mass is 346 g/mol. The molecule has 1 N–H and O–H groups in total. The second-order valence-electron chi connectivity index (χ2n) is 5.29. The molecule has 1 aromatic carbocycles. The normalized spacial score (nSPS) is 11.3. The number of nitrogens with one attached hydrogen (secondary N) is 1. The van der Waals surface area contributed by atoms with Gasteiger partial charge in [0.25, 0.3) is 5.91 Å². The zero-order valence-corrected chi connectivity index (χ0v) is 12.9. The fourth-order valence-electron chi connectivity index (χ4n) is 2.19. The Hall–Kier alpha value is -3.09. The lowest BCUT2D eigenvalue weighted by atomic mass is 10.1. The summed E-state index contributed by atoms with van der Waals surface area (Å²) in [5, 5.41) is 2.64. The van der Waals surface area contributed by atoms with Crippen LogP contribution in [0.15, 0.2) is 65.4 Å². The summed E-state index contributed by atoms with van der Waals surface area (Å²) >= 11 is 0. The molecule has 0 atom stereocenters. The molecule has 0 saturated carbocycles. The maximum atomic E-state index is 12.5. The van der Waals surface area contributed by atoms with Crippen molar-refractivity contribution in [2.45, 2.75) is 12.7 Å².